The molecule has 17 heavy (non-hydrogen) atoms. The fourth-order valence-electron chi connectivity index (χ4n) is 2.26. The Morgan fingerprint density at radius 1 is 1.47 bits per heavy atom. The first kappa shape index (κ1) is 12.9. The Kier molecular flexibility index (Phi) is 4.46. The third kappa shape index (κ3) is 3.23. The molecule has 0 radical (unpaired) electrons. The maximum atomic E-state index is 5.25. The lowest BCUT2D eigenvalue weighted by Crippen LogP contribution is -2.17. The van der Waals surface area contributed by atoms with Crippen molar-refractivity contribution in [1.82, 2.24) is 5.32 Å². The molecule has 0 aliphatic heterocycles. The van der Waals surface area contributed by atoms with Gasteiger partial charge in [-0.2, -0.15) is 0 Å². The van der Waals surface area contributed by atoms with Crippen LogP contribution in [0.5, 0.6) is 5.75 Å². The number of methoxy groups -OCH3 is 1. The van der Waals surface area contributed by atoms with Crippen LogP contribution in [0.2, 0.25) is 0 Å². The summed E-state index contributed by atoms with van der Waals surface area (Å²) in [5.74, 6) is 2.47. The van der Waals surface area contributed by atoms with E-state index in [2.05, 4.69) is 40.3 Å². The minimum absolute atomic E-state index is 0.738. The lowest BCUT2D eigenvalue weighted by molar-refractivity contribution is 0.412. The Labute approximate surface area is 112 Å². The summed E-state index contributed by atoms with van der Waals surface area (Å²) in [4.78, 5) is 0. The number of rotatable bonds is 6. The highest BCUT2D eigenvalue weighted by Gasteiger charge is 2.37. The van der Waals surface area contributed by atoms with Gasteiger partial charge in [0.1, 0.15) is 5.75 Å². The molecule has 1 aliphatic carbocycles. The maximum Gasteiger partial charge on any atom is 0.133 e. The lowest BCUT2D eigenvalue weighted by Gasteiger charge is -2.06. The molecule has 0 aromatic heterocycles. The molecule has 2 unspecified atom stereocenters. The fourth-order valence-corrected chi connectivity index (χ4v) is 2.82. The summed E-state index contributed by atoms with van der Waals surface area (Å²) in [5, 5.41) is 3.50. The minimum atomic E-state index is 0.738. The van der Waals surface area contributed by atoms with Gasteiger partial charge in [0.2, 0.25) is 0 Å². The van der Waals surface area contributed by atoms with Crippen molar-refractivity contribution in [1.29, 1.82) is 0 Å². The second kappa shape index (κ2) is 5.87. The molecule has 0 saturated heterocycles. The first-order chi connectivity index (χ1) is 8.26. The molecular weight excluding hydrogens is 278 g/mol. The van der Waals surface area contributed by atoms with Crippen LogP contribution in [0.15, 0.2) is 22.7 Å². The summed E-state index contributed by atoms with van der Waals surface area (Å²) in [7, 11) is 1.70. The largest absolute Gasteiger partial charge is 0.496 e. The van der Waals surface area contributed by atoms with Gasteiger partial charge in [-0.1, -0.05) is 13.0 Å². The van der Waals surface area contributed by atoms with Crippen molar-refractivity contribution >= 4 is 15.9 Å². The zero-order chi connectivity index (χ0) is 12.3. The van der Waals surface area contributed by atoms with Crippen molar-refractivity contribution in [2.24, 2.45) is 5.92 Å². The van der Waals surface area contributed by atoms with Crippen LogP contribution >= 0.6 is 15.9 Å². The predicted molar refractivity (Wildman–Crippen MR) is 74.7 cm³/mol. The van der Waals surface area contributed by atoms with E-state index in [9.17, 15) is 0 Å². The smallest absolute Gasteiger partial charge is 0.133 e. The summed E-state index contributed by atoms with van der Waals surface area (Å²) in [5.41, 5.74) is 1.43. The molecule has 2 nitrogen and oxygen atoms in total. The van der Waals surface area contributed by atoms with Gasteiger partial charge in [-0.05, 0) is 71.4 Å². The Balaban J connectivity index is 1.90. The molecule has 0 spiro atoms. The van der Waals surface area contributed by atoms with E-state index in [1.807, 2.05) is 6.07 Å². The number of hydrogen-bond acceptors (Lipinski definition) is 2. The Morgan fingerprint density at radius 2 is 2.29 bits per heavy atom. The quantitative estimate of drug-likeness (QED) is 0.811. The highest BCUT2D eigenvalue weighted by molar-refractivity contribution is 9.10. The van der Waals surface area contributed by atoms with Crippen molar-refractivity contribution in [3.05, 3.63) is 28.2 Å². The van der Waals surface area contributed by atoms with Crippen LogP contribution in [0.1, 0.15) is 31.2 Å². The molecular formula is C14H20BrNO. The van der Waals surface area contributed by atoms with Crippen LogP contribution < -0.4 is 10.1 Å². The number of nitrogens with one attached hydrogen (secondary N) is 1. The lowest BCUT2D eigenvalue weighted by atomic mass is 10.1. The zero-order valence-corrected chi connectivity index (χ0v) is 12.1. The van der Waals surface area contributed by atoms with Crippen molar-refractivity contribution in [3.63, 3.8) is 0 Å². The van der Waals surface area contributed by atoms with Crippen LogP contribution in [0.4, 0.5) is 0 Å². The van der Waals surface area contributed by atoms with Crippen LogP contribution in [0.25, 0.3) is 0 Å². The van der Waals surface area contributed by atoms with Gasteiger partial charge in [0.25, 0.3) is 0 Å². The second-order valence-electron chi connectivity index (χ2n) is 4.70. The van der Waals surface area contributed by atoms with Crippen molar-refractivity contribution < 1.29 is 4.74 Å². The van der Waals surface area contributed by atoms with Gasteiger partial charge in [-0.15, -0.1) is 0 Å². The molecule has 1 aromatic carbocycles. The Bertz CT molecular complexity index is 380. The average Bonchev–Trinajstić information content (AvgIpc) is 3.09. The van der Waals surface area contributed by atoms with E-state index >= 15 is 0 Å². The van der Waals surface area contributed by atoms with E-state index in [1.165, 1.54) is 18.4 Å². The van der Waals surface area contributed by atoms with Gasteiger partial charge in [-0.25, -0.2) is 0 Å². The van der Waals surface area contributed by atoms with Crippen LogP contribution in [-0.4, -0.2) is 20.2 Å². The average molecular weight is 298 g/mol. The van der Waals surface area contributed by atoms with Crippen molar-refractivity contribution in [3.8, 4) is 5.75 Å². The van der Waals surface area contributed by atoms with E-state index in [1.54, 1.807) is 7.11 Å². The topological polar surface area (TPSA) is 21.3 Å². The van der Waals surface area contributed by atoms with Crippen LogP contribution in [0, 0.1) is 5.92 Å². The predicted octanol–water partition coefficient (Wildman–Crippen LogP) is 3.56. The van der Waals surface area contributed by atoms with Crippen molar-refractivity contribution in [2.75, 3.05) is 20.2 Å². The number of ether oxygens (including phenoxy) is 1. The third-order valence-corrected chi connectivity index (χ3v) is 3.98. The van der Waals surface area contributed by atoms with Gasteiger partial charge in [0.15, 0.2) is 0 Å². The fraction of sp³-hybridized carbons (Fsp3) is 0.571. The molecule has 2 rings (SSSR count). The maximum absolute atomic E-state index is 5.25. The molecule has 1 fully saturated rings. The Morgan fingerprint density at radius 3 is 2.94 bits per heavy atom. The molecule has 0 bridgehead atoms. The second-order valence-corrected chi connectivity index (χ2v) is 5.55. The highest BCUT2D eigenvalue weighted by Crippen LogP contribution is 2.48. The molecule has 0 amide bonds. The number of benzene rings is 1. The van der Waals surface area contributed by atoms with E-state index in [0.29, 0.717) is 0 Å². The van der Waals surface area contributed by atoms with Crippen LogP contribution in [0.3, 0.4) is 0 Å². The normalized spacial score (nSPS) is 22.5. The molecule has 3 heteroatoms. The van der Waals surface area contributed by atoms with E-state index < -0.39 is 0 Å². The van der Waals surface area contributed by atoms with Gasteiger partial charge < -0.3 is 10.1 Å². The van der Waals surface area contributed by atoms with Crippen molar-refractivity contribution in [2.45, 2.75) is 25.7 Å². The minimum Gasteiger partial charge on any atom is -0.496 e. The van der Waals surface area contributed by atoms with E-state index in [-0.39, 0.29) is 0 Å². The summed E-state index contributed by atoms with van der Waals surface area (Å²) < 4.78 is 6.31. The Hall–Kier alpha value is -0.540. The highest BCUT2D eigenvalue weighted by atomic mass is 79.9. The molecule has 1 saturated carbocycles. The zero-order valence-electron chi connectivity index (χ0n) is 10.5. The van der Waals surface area contributed by atoms with Gasteiger partial charge in [0, 0.05) is 0 Å². The molecule has 1 N–H and O–H groups in total. The molecule has 1 aromatic rings. The summed E-state index contributed by atoms with van der Waals surface area (Å²) in [6, 6.07) is 6.44. The van der Waals surface area contributed by atoms with Crippen LogP contribution in [-0.2, 0) is 0 Å². The first-order valence-corrected chi connectivity index (χ1v) is 7.09. The first-order valence-electron chi connectivity index (χ1n) is 6.30. The molecule has 1 aliphatic rings. The van der Waals surface area contributed by atoms with Gasteiger partial charge in [-0.3, -0.25) is 0 Å². The molecule has 94 valence electrons. The molecule has 0 heterocycles. The van der Waals surface area contributed by atoms with Gasteiger partial charge >= 0.3 is 0 Å². The SMILES string of the molecule is CCCNCC1CC1c1ccc(OC)c(Br)c1. The summed E-state index contributed by atoms with van der Waals surface area (Å²) in [6.07, 6.45) is 2.53. The monoisotopic (exact) mass is 297 g/mol. The number of halogens is 1. The third-order valence-electron chi connectivity index (χ3n) is 3.36. The number of hydrogen-bond donors (Lipinski definition) is 1. The van der Waals surface area contributed by atoms with Gasteiger partial charge in [0.05, 0.1) is 11.6 Å². The standard InChI is InChI=1S/C14H20BrNO/c1-3-6-16-9-11-7-12(11)10-4-5-14(17-2)13(15)8-10/h4-5,8,11-12,16H,3,6-7,9H2,1-2H3. The summed E-state index contributed by atoms with van der Waals surface area (Å²) in [6.45, 7) is 4.50. The summed E-state index contributed by atoms with van der Waals surface area (Å²) >= 11 is 3.55. The molecule has 2 atom stereocenters. The van der Waals surface area contributed by atoms with E-state index in [0.717, 1.165) is 35.1 Å². The van der Waals surface area contributed by atoms with E-state index in [4.69, 9.17) is 4.74 Å².